The Kier molecular flexibility index (Phi) is 3.44. The van der Waals surface area contributed by atoms with Crippen LogP contribution >= 0.6 is 0 Å². The number of carboxylic acid groups (broad SMARTS) is 1. The first kappa shape index (κ1) is 14.0. The molecule has 0 radical (unpaired) electrons. The molecule has 0 saturated carbocycles. The number of hydrogen-bond donors (Lipinski definition) is 1. The molecule has 1 amide bonds. The van der Waals surface area contributed by atoms with Crippen molar-refractivity contribution in [2.75, 3.05) is 6.54 Å². The van der Waals surface area contributed by atoms with Crippen LogP contribution in [0.2, 0.25) is 0 Å². The second kappa shape index (κ2) is 4.92. The van der Waals surface area contributed by atoms with Gasteiger partial charge in [0.1, 0.15) is 5.54 Å². The lowest BCUT2D eigenvalue weighted by molar-refractivity contribution is -0.147. The number of aromatic nitrogens is 3. The lowest BCUT2D eigenvalue weighted by Gasteiger charge is -2.34. The minimum absolute atomic E-state index is 0.287. The van der Waals surface area contributed by atoms with E-state index >= 15 is 0 Å². The predicted molar refractivity (Wildman–Crippen MR) is 71.4 cm³/mol. The summed E-state index contributed by atoms with van der Waals surface area (Å²) in [6.07, 6.45) is 6.15. The van der Waals surface area contributed by atoms with Gasteiger partial charge in [0.25, 0.3) is 5.91 Å². The van der Waals surface area contributed by atoms with Gasteiger partial charge in [0.05, 0.1) is 23.5 Å². The van der Waals surface area contributed by atoms with Crippen LogP contribution in [0.1, 0.15) is 31.1 Å². The maximum absolute atomic E-state index is 12.6. The van der Waals surface area contributed by atoms with Crippen molar-refractivity contribution in [2.45, 2.75) is 26.3 Å². The minimum atomic E-state index is -1.29. The second-order valence-electron chi connectivity index (χ2n) is 4.88. The van der Waals surface area contributed by atoms with Gasteiger partial charge in [0.15, 0.2) is 0 Å². The Labute approximate surface area is 115 Å². The van der Waals surface area contributed by atoms with E-state index < -0.39 is 11.5 Å². The summed E-state index contributed by atoms with van der Waals surface area (Å²) in [5, 5.41) is 13.3. The fourth-order valence-corrected chi connectivity index (χ4v) is 2.05. The molecule has 0 aromatic carbocycles. The zero-order valence-corrected chi connectivity index (χ0v) is 11.6. The standard InChI is InChI=1S/C13H16N4O3/c1-4-16(13(2,3)12(19)20)11(18)9-7-15-17-6-5-14-8-10(9)17/h5-8H,4H2,1-3H3,(H,19,20). The van der Waals surface area contributed by atoms with Gasteiger partial charge in [0.2, 0.25) is 0 Å². The van der Waals surface area contributed by atoms with Gasteiger partial charge in [-0.3, -0.25) is 9.78 Å². The molecule has 0 aliphatic carbocycles. The molecule has 20 heavy (non-hydrogen) atoms. The molecule has 0 saturated heterocycles. The van der Waals surface area contributed by atoms with Crippen LogP contribution in [0.5, 0.6) is 0 Å². The van der Waals surface area contributed by atoms with Crippen molar-refractivity contribution in [3.05, 3.63) is 30.4 Å². The number of hydrogen-bond acceptors (Lipinski definition) is 4. The van der Waals surface area contributed by atoms with Crippen LogP contribution in [0.15, 0.2) is 24.8 Å². The Morgan fingerprint density at radius 1 is 1.40 bits per heavy atom. The van der Waals surface area contributed by atoms with E-state index in [1.807, 2.05) is 0 Å². The molecule has 2 aromatic heterocycles. The molecule has 2 rings (SSSR count). The summed E-state index contributed by atoms with van der Waals surface area (Å²) >= 11 is 0. The highest BCUT2D eigenvalue weighted by Gasteiger charge is 2.38. The average molecular weight is 276 g/mol. The number of aliphatic carboxylic acids is 1. The molecule has 1 N–H and O–H groups in total. The number of carboxylic acids is 1. The number of fused-ring (bicyclic) bond motifs is 1. The van der Waals surface area contributed by atoms with E-state index in [0.29, 0.717) is 11.1 Å². The molecule has 0 spiro atoms. The van der Waals surface area contributed by atoms with Gasteiger partial charge in [-0.25, -0.2) is 9.31 Å². The molecule has 0 aliphatic heterocycles. The first-order valence-electron chi connectivity index (χ1n) is 6.22. The molecule has 7 nitrogen and oxygen atoms in total. The summed E-state index contributed by atoms with van der Waals surface area (Å²) in [5.41, 5.74) is -0.395. The SMILES string of the molecule is CCN(C(=O)c1cnn2ccncc12)C(C)(C)C(=O)O. The van der Waals surface area contributed by atoms with Crippen molar-refractivity contribution in [1.29, 1.82) is 0 Å². The van der Waals surface area contributed by atoms with E-state index in [9.17, 15) is 14.7 Å². The Hall–Kier alpha value is -2.44. The average Bonchev–Trinajstić information content (AvgIpc) is 2.82. The monoisotopic (exact) mass is 276 g/mol. The molecule has 2 aromatic rings. The number of likely N-dealkylation sites (N-methyl/N-ethyl adjacent to an activating group) is 1. The quantitative estimate of drug-likeness (QED) is 0.902. The fraction of sp³-hybridized carbons (Fsp3) is 0.385. The number of carbonyl (C=O) groups is 2. The molecule has 0 aliphatic rings. The third kappa shape index (κ3) is 2.11. The fourth-order valence-electron chi connectivity index (χ4n) is 2.05. The first-order chi connectivity index (χ1) is 9.39. The Morgan fingerprint density at radius 3 is 2.70 bits per heavy atom. The van der Waals surface area contributed by atoms with Crippen LogP contribution in [0.4, 0.5) is 0 Å². The van der Waals surface area contributed by atoms with E-state index in [4.69, 9.17) is 0 Å². The summed E-state index contributed by atoms with van der Waals surface area (Å²) in [6.45, 7) is 5.03. The van der Waals surface area contributed by atoms with Crippen LogP contribution in [-0.2, 0) is 4.79 Å². The molecule has 0 fully saturated rings. The summed E-state index contributed by atoms with van der Waals surface area (Å²) < 4.78 is 1.53. The van der Waals surface area contributed by atoms with E-state index in [2.05, 4.69) is 10.1 Å². The Morgan fingerprint density at radius 2 is 2.10 bits per heavy atom. The van der Waals surface area contributed by atoms with Gasteiger partial charge in [-0.2, -0.15) is 5.10 Å². The maximum atomic E-state index is 12.6. The molecule has 106 valence electrons. The topological polar surface area (TPSA) is 87.8 Å². The lowest BCUT2D eigenvalue weighted by Crippen LogP contribution is -2.52. The van der Waals surface area contributed by atoms with Crippen molar-refractivity contribution in [2.24, 2.45) is 0 Å². The van der Waals surface area contributed by atoms with Gasteiger partial charge < -0.3 is 10.0 Å². The summed E-state index contributed by atoms with van der Waals surface area (Å²) in [6, 6.07) is 0. The van der Waals surface area contributed by atoms with Crippen LogP contribution in [0.3, 0.4) is 0 Å². The number of carbonyl (C=O) groups excluding carboxylic acids is 1. The number of amides is 1. The molecular weight excluding hydrogens is 260 g/mol. The van der Waals surface area contributed by atoms with Crippen LogP contribution < -0.4 is 0 Å². The lowest BCUT2D eigenvalue weighted by atomic mass is 10.0. The molecule has 0 bridgehead atoms. The van der Waals surface area contributed by atoms with Crippen molar-refractivity contribution < 1.29 is 14.7 Å². The van der Waals surface area contributed by atoms with Gasteiger partial charge >= 0.3 is 5.97 Å². The first-order valence-corrected chi connectivity index (χ1v) is 6.22. The molecule has 2 heterocycles. The second-order valence-corrected chi connectivity index (χ2v) is 4.88. The molecular formula is C13H16N4O3. The normalized spacial score (nSPS) is 11.6. The summed E-state index contributed by atoms with van der Waals surface area (Å²) in [7, 11) is 0. The van der Waals surface area contributed by atoms with Crippen LogP contribution in [-0.4, -0.2) is 48.6 Å². The van der Waals surface area contributed by atoms with E-state index in [-0.39, 0.29) is 12.5 Å². The van der Waals surface area contributed by atoms with E-state index in [0.717, 1.165) is 0 Å². The summed E-state index contributed by atoms with van der Waals surface area (Å²) in [5.74, 6) is -1.43. The smallest absolute Gasteiger partial charge is 0.329 e. The molecule has 0 unspecified atom stereocenters. The third-order valence-corrected chi connectivity index (χ3v) is 3.31. The molecule has 7 heteroatoms. The number of rotatable bonds is 4. The summed E-state index contributed by atoms with van der Waals surface area (Å²) in [4.78, 5) is 29.2. The molecule has 0 atom stereocenters. The highest BCUT2D eigenvalue weighted by Crippen LogP contribution is 2.20. The number of nitrogens with zero attached hydrogens (tertiary/aromatic N) is 4. The van der Waals surface area contributed by atoms with E-state index in [1.54, 1.807) is 19.3 Å². The van der Waals surface area contributed by atoms with Crippen LogP contribution in [0, 0.1) is 0 Å². The maximum Gasteiger partial charge on any atom is 0.329 e. The van der Waals surface area contributed by atoms with Gasteiger partial charge in [-0.05, 0) is 20.8 Å². The van der Waals surface area contributed by atoms with Gasteiger partial charge in [-0.15, -0.1) is 0 Å². The highest BCUT2D eigenvalue weighted by molar-refractivity contribution is 6.02. The van der Waals surface area contributed by atoms with Crippen molar-refractivity contribution in [3.63, 3.8) is 0 Å². The minimum Gasteiger partial charge on any atom is -0.480 e. The van der Waals surface area contributed by atoms with Gasteiger partial charge in [-0.1, -0.05) is 0 Å². The zero-order chi connectivity index (χ0) is 14.9. The zero-order valence-electron chi connectivity index (χ0n) is 11.6. The predicted octanol–water partition coefficient (Wildman–Crippen LogP) is 1.05. The highest BCUT2D eigenvalue weighted by atomic mass is 16.4. The van der Waals surface area contributed by atoms with E-state index in [1.165, 1.54) is 35.7 Å². The van der Waals surface area contributed by atoms with Crippen molar-refractivity contribution in [1.82, 2.24) is 19.5 Å². The van der Waals surface area contributed by atoms with Crippen molar-refractivity contribution >= 4 is 17.4 Å². The Balaban J connectivity index is 2.46. The largest absolute Gasteiger partial charge is 0.480 e. The van der Waals surface area contributed by atoms with Gasteiger partial charge in [0, 0.05) is 18.9 Å². The van der Waals surface area contributed by atoms with Crippen LogP contribution in [0.25, 0.3) is 5.52 Å². The van der Waals surface area contributed by atoms with Crippen molar-refractivity contribution in [3.8, 4) is 0 Å². The Bertz CT molecular complexity index is 662. The third-order valence-electron chi connectivity index (χ3n) is 3.31.